The Kier molecular flexibility index (Phi) is 3.27. The molecule has 0 aromatic heterocycles. The topological polar surface area (TPSA) is 49.8 Å². The third-order valence-electron chi connectivity index (χ3n) is 2.31. The summed E-state index contributed by atoms with van der Waals surface area (Å²) >= 11 is 0. The molecule has 0 saturated carbocycles. The van der Waals surface area contributed by atoms with Gasteiger partial charge in [0.1, 0.15) is 6.61 Å². The van der Waals surface area contributed by atoms with Crippen molar-refractivity contribution in [2.45, 2.75) is 25.4 Å². The summed E-state index contributed by atoms with van der Waals surface area (Å²) in [5.74, 6) is -0.0386. The lowest BCUT2D eigenvalue weighted by molar-refractivity contribution is -0.160. The molecule has 1 aliphatic rings. The summed E-state index contributed by atoms with van der Waals surface area (Å²) < 4.78 is 4.72. The van der Waals surface area contributed by atoms with E-state index in [4.69, 9.17) is 4.74 Å². The van der Waals surface area contributed by atoms with Gasteiger partial charge in [-0.05, 0) is 6.42 Å². The Hall–Kier alpha value is -0.610. The van der Waals surface area contributed by atoms with E-state index in [0.29, 0.717) is 13.1 Å². The second kappa shape index (κ2) is 4.07. The van der Waals surface area contributed by atoms with Crippen molar-refractivity contribution < 1.29 is 14.6 Å². The van der Waals surface area contributed by atoms with Crippen molar-refractivity contribution in [3.8, 4) is 0 Å². The number of likely N-dealkylation sites (tertiary alicyclic amines) is 1. The molecule has 1 rings (SSSR count). The van der Waals surface area contributed by atoms with Crippen LogP contribution in [0.1, 0.15) is 19.8 Å². The number of hydrogen-bond acceptors (Lipinski definition) is 3. The van der Waals surface area contributed by atoms with Crippen molar-refractivity contribution >= 4 is 5.91 Å². The third-order valence-corrected chi connectivity index (χ3v) is 2.31. The average Bonchev–Trinajstić information content (AvgIpc) is 2.01. The summed E-state index contributed by atoms with van der Waals surface area (Å²) in [6.07, 6.45) is 1.71. The smallest absolute Gasteiger partial charge is 0.248 e. The molecule has 0 unspecified atom stereocenters. The van der Waals surface area contributed by atoms with E-state index in [9.17, 15) is 9.90 Å². The molecule has 4 nitrogen and oxygen atoms in total. The first kappa shape index (κ1) is 10.5. The summed E-state index contributed by atoms with van der Waals surface area (Å²) in [5, 5.41) is 9.76. The normalized spacial score (nSPS) is 19.8. The molecule has 1 saturated heterocycles. The predicted octanol–water partition coefficient (Wildman–Crippen LogP) is 0.00620. The van der Waals surface area contributed by atoms with E-state index in [2.05, 4.69) is 0 Å². The molecular weight excluding hydrogens is 170 g/mol. The van der Waals surface area contributed by atoms with Crippen LogP contribution in [0.5, 0.6) is 0 Å². The number of carbonyl (C=O) groups is 1. The number of rotatable bonds is 4. The Morgan fingerprint density at radius 1 is 1.62 bits per heavy atom. The monoisotopic (exact) mass is 187 g/mol. The van der Waals surface area contributed by atoms with E-state index >= 15 is 0 Å². The van der Waals surface area contributed by atoms with E-state index in [1.165, 1.54) is 7.11 Å². The molecule has 13 heavy (non-hydrogen) atoms. The minimum atomic E-state index is -0.627. The van der Waals surface area contributed by atoms with Crippen molar-refractivity contribution in [3.05, 3.63) is 0 Å². The molecule has 1 heterocycles. The Morgan fingerprint density at radius 2 is 2.23 bits per heavy atom. The number of ether oxygens (including phenoxy) is 1. The quantitative estimate of drug-likeness (QED) is 0.674. The second-order valence-electron chi connectivity index (χ2n) is 3.66. The Balaban J connectivity index is 2.27. The summed E-state index contributed by atoms with van der Waals surface area (Å²) in [4.78, 5) is 12.8. The number of aliphatic hydroxyl groups is 1. The van der Waals surface area contributed by atoms with Gasteiger partial charge >= 0.3 is 0 Å². The van der Waals surface area contributed by atoms with E-state index in [0.717, 1.165) is 12.8 Å². The van der Waals surface area contributed by atoms with Crippen molar-refractivity contribution in [1.82, 2.24) is 4.90 Å². The van der Waals surface area contributed by atoms with Crippen LogP contribution < -0.4 is 0 Å². The Labute approximate surface area is 78.5 Å². The molecule has 0 aromatic carbocycles. The van der Waals surface area contributed by atoms with Crippen LogP contribution in [0, 0.1) is 0 Å². The lowest BCUT2D eigenvalue weighted by Gasteiger charge is -2.46. The number of nitrogens with zero attached hydrogens (tertiary/aromatic N) is 1. The number of carbonyl (C=O) groups excluding carboxylic acids is 1. The summed E-state index contributed by atoms with van der Waals surface area (Å²) in [7, 11) is 1.50. The molecule has 0 radical (unpaired) electrons. The molecule has 1 N–H and O–H groups in total. The van der Waals surface area contributed by atoms with Gasteiger partial charge in [-0.2, -0.15) is 0 Å². The first-order chi connectivity index (χ1) is 6.11. The van der Waals surface area contributed by atoms with Crippen molar-refractivity contribution in [3.63, 3.8) is 0 Å². The van der Waals surface area contributed by atoms with E-state index in [-0.39, 0.29) is 12.5 Å². The first-order valence-electron chi connectivity index (χ1n) is 4.60. The molecule has 1 aliphatic heterocycles. The van der Waals surface area contributed by atoms with Gasteiger partial charge in [-0.15, -0.1) is 0 Å². The van der Waals surface area contributed by atoms with Crippen LogP contribution >= 0.6 is 0 Å². The Morgan fingerprint density at radius 3 is 2.69 bits per heavy atom. The summed E-state index contributed by atoms with van der Waals surface area (Å²) in [5.41, 5.74) is -0.627. The summed E-state index contributed by atoms with van der Waals surface area (Å²) in [6.45, 7) is 3.06. The van der Waals surface area contributed by atoms with Crippen LogP contribution in [-0.4, -0.2) is 48.3 Å². The van der Waals surface area contributed by atoms with Crippen molar-refractivity contribution in [1.29, 1.82) is 0 Å². The number of methoxy groups -OCH3 is 1. The first-order valence-corrected chi connectivity index (χ1v) is 4.60. The standard InChI is InChI=1S/C9H17NO3/c1-3-4-9(12)6-10(7-9)8(11)5-13-2/h12H,3-7H2,1-2H3. The highest BCUT2D eigenvalue weighted by atomic mass is 16.5. The van der Waals surface area contributed by atoms with Crippen LogP contribution in [0.15, 0.2) is 0 Å². The maximum absolute atomic E-state index is 11.2. The van der Waals surface area contributed by atoms with Crippen LogP contribution in [0.3, 0.4) is 0 Å². The van der Waals surface area contributed by atoms with Crippen LogP contribution in [0.25, 0.3) is 0 Å². The van der Waals surface area contributed by atoms with Gasteiger partial charge in [-0.1, -0.05) is 13.3 Å². The fourth-order valence-corrected chi connectivity index (χ4v) is 1.68. The van der Waals surface area contributed by atoms with Crippen LogP contribution in [0.2, 0.25) is 0 Å². The molecule has 0 aliphatic carbocycles. The Bertz CT molecular complexity index is 187. The van der Waals surface area contributed by atoms with Gasteiger partial charge in [0.15, 0.2) is 0 Å². The van der Waals surface area contributed by atoms with Crippen molar-refractivity contribution in [2.24, 2.45) is 0 Å². The molecule has 76 valence electrons. The highest BCUT2D eigenvalue weighted by molar-refractivity contribution is 5.78. The van der Waals surface area contributed by atoms with E-state index in [1.54, 1.807) is 4.90 Å². The fraction of sp³-hybridized carbons (Fsp3) is 0.889. The highest BCUT2D eigenvalue weighted by Gasteiger charge is 2.42. The van der Waals surface area contributed by atoms with E-state index in [1.807, 2.05) is 6.92 Å². The SMILES string of the molecule is CCCC1(O)CN(C(=O)COC)C1. The maximum Gasteiger partial charge on any atom is 0.248 e. The van der Waals surface area contributed by atoms with Gasteiger partial charge in [0.05, 0.1) is 18.7 Å². The molecule has 1 fully saturated rings. The molecule has 1 amide bonds. The summed E-state index contributed by atoms with van der Waals surface area (Å²) in [6, 6.07) is 0. The van der Waals surface area contributed by atoms with Gasteiger partial charge in [0.2, 0.25) is 5.91 Å². The van der Waals surface area contributed by atoms with Gasteiger partial charge in [-0.25, -0.2) is 0 Å². The maximum atomic E-state index is 11.2. The number of amides is 1. The van der Waals surface area contributed by atoms with E-state index < -0.39 is 5.60 Å². The molecule has 0 bridgehead atoms. The van der Waals surface area contributed by atoms with Crippen LogP contribution in [0.4, 0.5) is 0 Å². The molecule has 4 heteroatoms. The zero-order chi connectivity index (χ0) is 9.90. The van der Waals surface area contributed by atoms with Crippen LogP contribution in [-0.2, 0) is 9.53 Å². The van der Waals surface area contributed by atoms with Crippen molar-refractivity contribution in [2.75, 3.05) is 26.8 Å². The van der Waals surface area contributed by atoms with Gasteiger partial charge in [-0.3, -0.25) is 4.79 Å². The average molecular weight is 187 g/mol. The zero-order valence-electron chi connectivity index (χ0n) is 8.25. The van der Waals surface area contributed by atoms with Gasteiger partial charge in [0.25, 0.3) is 0 Å². The zero-order valence-corrected chi connectivity index (χ0v) is 8.25. The van der Waals surface area contributed by atoms with Gasteiger partial charge in [0, 0.05) is 7.11 Å². The molecule has 0 atom stereocenters. The minimum absolute atomic E-state index is 0.0386. The number of hydrogen-bond donors (Lipinski definition) is 1. The lowest BCUT2D eigenvalue weighted by atomic mass is 9.89. The third kappa shape index (κ3) is 2.42. The molecular formula is C9H17NO3. The van der Waals surface area contributed by atoms with Gasteiger partial charge < -0.3 is 14.7 Å². The fourth-order valence-electron chi connectivity index (χ4n) is 1.68. The lowest BCUT2D eigenvalue weighted by Crippen LogP contribution is -2.63. The largest absolute Gasteiger partial charge is 0.386 e. The minimum Gasteiger partial charge on any atom is -0.386 e. The second-order valence-corrected chi connectivity index (χ2v) is 3.66. The molecule has 0 spiro atoms. The highest BCUT2D eigenvalue weighted by Crippen LogP contribution is 2.25. The molecule has 0 aromatic rings. The predicted molar refractivity (Wildman–Crippen MR) is 48.3 cm³/mol. The number of β-amino-alcohol motifs (C(OH)–C–C–N with tert-alkyl or cyclic N) is 1.